The van der Waals surface area contributed by atoms with Crippen molar-refractivity contribution in [2.75, 3.05) is 6.61 Å². The minimum absolute atomic E-state index is 0.165. The fourth-order valence-electron chi connectivity index (χ4n) is 1.87. The molecule has 2 rings (SSSR count). The summed E-state index contributed by atoms with van der Waals surface area (Å²) in [5.41, 5.74) is 0.849. The first-order valence-electron chi connectivity index (χ1n) is 6.84. The molecule has 1 aliphatic rings. The van der Waals surface area contributed by atoms with Crippen LogP contribution in [-0.2, 0) is 0 Å². The summed E-state index contributed by atoms with van der Waals surface area (Å²) in [6.45, 7) is 11.7. The molecule has 1 N–H and O–H groups in total. The number of aliphatic hydroxyl groups is 1. The van der Waals surface area contributed by atoms with Crippen molar-refractivity contribution in [2.45, 2.75) is 51.4 Å². The molecule has 4 heteroatoms. The number of rotatable bonds is 2. The van der Waals surface area contributed by atoms with Gasteiger partial charge < -0.3 is 14.3 Å². The van der Waals surface area contributed by atoms with Crippen molar-refractivity contribution in [2.24, 2.45) is 0 Å². The van der Waals surface area contributed by atoms with Crippen molar-refractivity contribution in [3.05, 3.63) is 23.8 Å². The lowest BCUT2D eigenvalue weighted by molar-refractivity contribution is 0.115. The molecule has 0 aliphatic carbocycles. The molecule has 0 fully saturated rings. The zero-order valence-electron chi connectivity index (χ0n) is 12.5. The first-order chi connectivity index (χ1) is 8.71. The van der Waals surface area contributed by atoms with Crippen LogP contribution >= 0.6 is 0 Å². The van der Waals surface area contributed by atoms with E-state index < -0.39 is 14.4 Å². The minimum atomic E-state index is -1.84. The largest absolute Gasteiger partial charge is 0.543 e. The van der Waals surface area contributed by atoms with Gasteiger partial charge in [-0.15, -0.1) is 0 Å². The van der Waals surface area contributed by atoms with Crippen LogP contribution in [0.1, 0.15) is 38.9 Å². The lowest BCUT2D eigenvalue weighted by atomic mass is 10.0. The van der Waals surface area contributed by atoms with Crippen LogP contribution in [0.5, 0.6) is 11.5 Å². The standard InChI is InChI=1S/C15H24O3Si/c1-15(2,3)19(4,5)18-11-6-7-14-12(10-11)13(16)8-9-17-14/h6-7,10,13,16H,8-9H2,1-5H3/t13-/m1/s1. The van der Waals surface area contributed by atoms with Crippen LogP contribution < -0.4 is 9.16 Å². The van der Waals surface area contributed by atoms with E-state index >= 15 is 0 Å². The Hall–Kier alpha value is -1.00. The molecular formula is C15H24O3Si. The van der Waals surface area contributed by atoms with Crippen molar-refractivity contribution >= 4 is 8.32 Å². The molecule has 0 saturated carbocycles. The van der Waals surface area contributed by atoms with E-state index in [2.05, 4.69) is 33.9 Å². The SMILES string of the molecule is CC(C)(C)[Si](C)(C)Oc1ccc2c(c1)[C@H](O)CCO2. The summed E-state index contributed by atoms with van der Waals surface area (Å²) >= 11 is 0. The lowest BCUT2D eigenvalue weighted by Crippen LogP contribution is -2.43. The average Bonchev–Trinajstić information content (AvgIpc) is 2.28. The highest BCUT2D eigenvalue weighted by Crippen LogP contribution is 2.40. The first-order valence-corrected chi connectivity index (χ1v) is 9.75. The predicted molar refractivity (Wildman–Crippen MR) is 79.3 cm³/mol. The molecule has 19 heavy (non-hydrogen) atoms. The van der Waals surface area contributed by atoms with Crippen molar-refractivity contribution in [3.63, 3.8) is 0 Å². The Morgan fingerprint density at radius 2 is 2.00 bits per heavy atom. The van der Waals surface area contributed by atoms with Gasteiger partial charge in [-0.25, -0.2) is 0 Å². The molecule has 0 spiro atoms. The first kappa shape index (κ1) is 14.4. The van der Waals surface area contributed by atoms with Crippen LogP contribution in [-0.4, -0.2) is 20.0 Å². The van der Waals surface area contributed by atoms with Crippen LogP contribution in [0.2, 0.25) is 18.1 Å². The topological polar surface area (TPSA) is 38.7 Å². The number of ether oxygens (including phenoxy) is 1. The maximum Gasteiger partial charge on any atom is 0.250 e. The van der Waals surface area contributed by atoms with Crippen molar-refractivity contribution in [1.82, 2.24) is 0 Å². The molecule has 0 unspecified atom stereocenters. The van der Waals surface area contributed by atoms with E-state index in [0.717, 1.165) is 17.1 Å². The molecule has 1 aromatic carbocycles. The maximum absolute atomic E-state index is 10.0. The molecule has 3 nitrogen and oxygen atoms in total. The molecule has 0 radical (unpaired) electrons. The Balaban J connectivity index is 2.26. The molecule has 1 aromatic rings. The summed E-state index contributed by atoms with van der Waals surface area (Å²) in [6, 6.07) is 5.78. The van der Waals surface area contributed by atoms with E-state index in [0.29, 0.717) is 13.0 Å². The minimum Gasteiger partial charge on any atom is -0.543 e. The van der Waals surface area contributed by atoms with Crippen LogP contribution in [0.4, 0.5) is 0 Å². The number of hydrogen-bond donors (Lipinski definition) is 1. The highest BCUT2D eigenvalue weighted by Gasteiger charge is 2.39. The third kappa shape index (κ3) is 2.95. The number of hydrogen-bond acceptors (Lipinski definition) is 3. The number of aliphatic hydroxyl groups excluding tert-OH is 1. The van der Waals surface area contributed by atoms with Crippen molar-refractivity contribution in [3.8, 4) is 11.5 Å². The monoisotopic (exact) mass is 280 g/mol. The zero-order valence-corrected chi connectivity index (χ0v) is 13.5. The van der Waals surface area contributed by atoms with Crippen LogP contribution in [0, 0.1) is 0 Å². The highest BCUT2D eigenvalue weighted by molar-refractivity contribution is 6.74. The van der Waals surface area contributed by atoms with Gasteiger partial charge in [-0.2, -0.15) is 0 Å². The fraction of sp³-hybridized carbons (Fsp3) is 0.600. The van der Waals surface area contributed by atoms with Gasteiger partial charge in [0, 0.05) is 12.0 Å². The third-order valence-corrected chi connectivity index (χ3v) is 8.53. The second-order valence-corrected chi connectivity index (χ2v) is 11.4. The predicted octanol–water partition coefficient (Wildman–Crippen LogP) is 3.89. The summed E-state index contributed by atoms with van der Waals surface area (Å²) in [4.78, 5) is 0. The van der Waals surface area contributed by atoms with Gasteiger partial charge in [0.15, 0.2) is 0 Å². The van der Waals surface area contributed by atoms with E-state index in [1.165, 1.54) is 0 Å². The Kier molecular flexibility index (Phi) is 3.67. The van der Waals surface area contributed by atoms with Crippen LogP contribution in [0.3, 0.4) is 0 Å². The molecule has 0 aromatic heterocycles. The third-order valence-electron chi connectivity index (χ3n) is 4.17. The second-order valence-electron chi connectivity index (χ2n) is 6.71. The number of fused-ring (bicyclic) bond motifs is 1. The molecule has 1 atom stereocenters. The Morgan fingerprint density at radius 3 is 2.63 bits per heavy atom. The van der Waals surface area contributed by atoms with Gasteiger partial charge in [0.1, 0.15) is 11.5 Å². The maximum atomic E-state index is 10.0. The summed E-state index contributed by atoms with van der Waals surface area (Å²) in [5.74, 6) is 1.62. The average molecular weight is 280 g/mol. The van der Waals surface area contributed by atoms with Gasteiger partial charge >= 0.3 is 0 Å². The molecule has 1 aliphatic heterocycles. The molecule has 0 saturated heterocycles. The van der Waals surface area contributed by atoms with E-state index in [-0.39, 0.29) is 5.04 Å². The van der Waals surface area contributed by atoms with E-state index in [9.17, 15) is 5.11 Å². The molecule has 0 bridgehead atoms. The van der Waals surface area contributed by atoms with Gasteiger partial charge in [0.2, 0.25) is 8.32 Å². The number of benzene rings is 1. The van der Waals surface area contributed by atoms with Gasteiger partial charge in [-0.3, -0.25) is 0 Å². The molecular weight excluding hydrogens is 256 g/mol. The smallest absolute Gasteiger partial charge is 0.250 e. The van der Waals surface area contributed by atoms with Gasteiger partial charge in [-0.05, 0) is 36.3 Å². The van der Waals surface area contributed by atoms with Gasteiger partial charge in [0.05, 0.1) is 12.7 Å². The van der Waals surface area contributed by atoms with E-state index in [1.54, 1.807) is 0 Å². The molecule has 0 amide bonds. The van der Waals surface area contributed by atoms with Crippen LogP contribution in [0.25, 0.3) is 0 Å². The normalized spacial score (nSPS) is 19.6. The fourth-order valence-corrected chi connectivity index (χ4v) is 2.89. The Labute approximate surface area is 116 Å². The Morgan fingerprint density at radius 1 is 1.32 bits per heavy atom. The van der Waals surface area contributed by atoms with Crippen molar-refractivity contribution in [1.29, 1.82) is 0 Å². The van der Waals surface area contributed by atoms with Gasteiger partial charge in [-0.1, -0.05) is 20.8 Å². The summed E-state index contributed by atoms with van der Waals surface area (Å²) < 4.78 is 11.8. The van der Waals surface area contributed by atoms with Crippen molar-refractivity contribution < 1.29 is 14.3 Å². The highest BCUT2D eigenvalue weighted by atomic mass is 28.4. The quantitative estimate of drug-likeness (QED) is 0.835. The molecule has 1 heterocycles. The summed E-state index contributed by atoms with van der Waals surface area (Å²) in [7, 11) is -1.84. The molecule has 106 valence electrons. The zero-order chi connectivity index (χ0) is 14.3. The summed E-state index contributed by atoms with van der Waals surface area (Å²) in [6.07, 6.45) is 0.211. The lowest BCUT2D eigenvalue weighted by Gasteiger charge is -2.36. The second kappa shape index (κ2) is 4.83. The van der Waals surface area contributed by atoms with E-state index in [4.69, 9.17) is 9.16 Å². The van der Waals surface area contributed by atoms with E-state index in [1.807, 2.05) is 18.2 Å². The Bertz CT molecular complexity index is 463. The summed E-state index contributed by atoms with van der Waals surface area (Å²) in [5, 5.41) is 10.2. The van der Waals surface area contributed by atoms with Crippen LogP contribution in [0.15, 0.2) is 18.2 Å². The van der Waals surface area contributed by atoms with Gasteiger partial charge in [0.25, 0.3) is 0 Å².